The van der Waals surface area contributed by atoms with Gasteiger partial charge in [-0.3, -0.25) is 9.59 Å². The van der Waals surface area contributed by atoms with E-state index in [1.165, 1.54) is 0 Å². The number of nitrogens with zero attached hydrogens (tertiary/aromatic N) is 1. The molecule has 0 atom stereocenters. The van der Waals surface area contributed by atoms with Gasteiger partial charge in [-0.05, 0) is 17.7 Å². The van der Waals surface area contributed by atoms with Gasteiger partial charge in [0.1, 0.15) is 5.82 Å². The Morgan fingerprint density at radius 1 is 1.39 bits per heavy atom. The van der Waals surface area contributed by atoms with Gasteiger partial charge >= 0.3 is 0 Å². The first-order valence-corrected chi connectivity index (χ1v) is 5.94. The molecular formula is C12H8Cl2FNO2. The maximum atomic E-state index is 13.4. The van der Waals surface area contributed by atoms with Crippen molar-refractivity contribution >= 4 is 40.6 Å². The van der Waals surface area contributed by atoms with E-state index in [1.54, 1.807) is 0 Å². The fraction of sp³-hybridized carbons (Fsp3) is 0.167. The molecule has 1 aliphatic rings. The average Bonchev–Trinajstić information content (AvgIpc) is 2.56. The number of fused-ring (bicyclic) bond motifs is 1. The van der Waals surface area contributed by atoms with Crippen molar-refractivity contribution in [3.63, 3.8) is 0 Å². The number of rotatable bonds is 3. The Balaban J connectivity index is 2.48. The molecule has 2 rings (SSSR count). The molecule has 0 radical (unpaired) electrons. The SMILES string of the molecule is C=C(CCl)CN1C(=O)C(=O)c2cc(Cl)c(F)cc21. The van der Waals surface area contributed by atoms with E-state index in [4.69, 9.17) is 23.2 Å². The van der Waals surface area contributed by atoms with Gasteiger partial charge in [-0.25, -0.2) is 4.39 Å². The molecule has 0 spiro atoms. The molecule has 1 amide bonds. The van der Waals surface area contributed by atoms with E-state index >= 15 is 0 Å². The van der Waals surface area contributed by atoms with Gasteiger partial charge in [-0.1, -0.05) is 18.2 Å². The van der Waals surface area contributed by atoms with Crippen LogP contribution in [0.4, 0.5) is 10.1 Å². The summed E-state index contributed by atoms with van der Waals surface area (Å²) in [6, 6.07) is 2.23. The van der Waals surface area contributed by atoms with Crippen LogP contribution in [0.1, 0.15) is 10.4 Å². The number of hydrogen-bond acceptors (Lipinski definition) is 2. The van der Waals surface area contributed by atoms with E-state index < -0.39 is 17.5 Å². The van der Waals surface area contributed by atoms with Gasteiger partial charge in [-0.15, -0.1) is 11.6 Å². The number of ketones is 1. The molecule has 0 aliphatic carbocycles. The second-order valence-electron chi connectivity index (χ2n) is 3.89. The van der Waals surface area contributed by atoms with Crippen molar-refractivity contribution < 1.29 is 14.0 Å². The Bertz CT molecular complexity index is 571. The van der Waals surface area contributed by atoms with Gasteiger partial charge in [0.15, 0.2) is 0 Å². The number of alkyl halides is 1. The zero-order chi connectivity index (χ0) is 13.4. The van der Waals surface area contributed by atoms with Crippen LogP contribution in [-0.4, -0.2) is 24.1 Å². The first kappa shape index (κ1) is 13.1. The summed E-state index contributed by atoms with van der Waals surface area (Å²) >= 11 is 11.2. The fourth-order valence-electron chi connectivity index (χ4n) is 1.71. The number of benzene rings is 1. The van der Waals surface area contributed by atoms with E-state index in [0.29, 0.717) is 5.57 Å². The van der Waals surface area contributed by atoms with E-state index in [-0.39, 0.29) is 28.7 Å². The minimum absolute atomic E-state index is 0.0855. The number of amides is 1. The minimum Gasteiger partial charge on any atom is -0.301 e. The van der Waals surface area contributed by atoms with Crippen LogP contribution in [0.15, 0.2) is 24.3 Å². The van der Waals surface area contributed by atoms with Gasteiger partial charge < -0.3 is 4.90 Å². The van der Waals surface area contributed by atoms with Crippen LogP contribution in [0, 0.1) is 5.82 Å². The Labute approximate surface area is 113 Å². The molecule has 0 aromatic heterocycles. The summed E-state index contributed by atoms with van der Waals surface area (Å²) < 4.78 is 13.4. The summed E-state index contributed by atoms with van der Waals surface area (Å²) in [5, 5.41) is -0.187. The predicted octanol–water partition coefficient (Wildman–Crippen LogP) is 2.80. The number of carbonyl (C=O) groups is 2. The van der Waals surface area contributed by atoms with Crippen LogP contribution in [-0.2, 0) is 4.79 Å². The lowest BCUT2D eigenvalue weighted by Crippen LogP contribution is -2.31. The summed E-state index contributed by atoms with van der Waals surface area (Å²) in [6.45, 7) is 3.74. The van der Waals surface area contributed by atoms with Crippen molar-refractivity contribution in [2.75, 3.05) is 17.3 Å². The highest BCUT2D eigenvalue weighted by molar-refractivity contribution is 6.52. The van der Waals surface area contributed by atoms with Gasteiger partial charge in [0.2, 0.25) is 0 Å². The summed E-state index contributed by atoms with van der Waals surface area (Å²) in [5.41, 5.74) is 0.868. The largest absolute Gasteiger partial charge is 0.301 e. The minimum atomic E-state index is -0.724. The quantitative estimate of drug-likeness (QED) is 0.487. The Morgan fingerprint density at radius 2 is 2.06 bits per heavy atom. The highest BCUT2D eigenvalue weighted by Crippen LogP contribution is 2.33. The molecular weight excluding hydrogens is 280 g/mol. The number of Topliss-reactive ketones (excluding diaryl/α,β-unsaturated/α-hetero) is 1. The summed E-state index contributed by atoms with van der Waals surface area (Å²) in [6.07, 6.45) is 0. The van der Waals surface area contributed by atoms with E-state index in [9.17, 15) is 14.0 Å². The Morgan fingerprint density at radius 3 is 2.67 bits per heavy atom. The number of anilines is 1. The number of carbonyl (C=O) groups excluding carboxylic acids is 2. The van der Waals surface area contributed by atoms with Crippen molar-refractivity contribution in [1.82, 2.24) is 0 Å². The fourth-order valence-corrected chi connectivity index (χ4v) is 1.96. The molecule has 1 aromatic rings. The molecule has 0 bridgehead atoms. The van der Waals surface area contributed by atoms with Crippen LogP contribution in [0.5, 0.6) is 0 Å². The molecule has 1 heterocycles. The molecule has 18 heavy (non-hydrogen) atoms. The normalized spacial score (nSPS) is 14.1. The zero-order valence-corrected chi connectivity index (χ0v) is 10.7. The number of hydrogen-bond donors (Lipinski definition) is 0. The van der Waals surface area contributed by atoms with Crippen molar-refractivity contribution in [3.05, 3.63) is 40.7 Å². The third-order valence-corrected chi connectivity index (χ3v) is 3.25. The summed E-state index contributed by atoms with van der Waals surface area (Å²) in [7, 11) is 0. The van der Waals surface area contributed by atoms with Crippen molar-refractivity contribution in [2.24, 2.45) is 0 Å². The van der Waals surface area contributed by atoms with Crippen molar-refractivity contribution in [1.29, 1.82) is 0 Å². The second kappa shape index (κ2) is 4.71. The lowest BCUT2D eigenvalue weighted by Gasteiger charge is -2.17. The first-order chi connectivity index (χ1) is 8.45. The summed E-state index contributed by atoms with van der Waals surface area (Å²) in [5.74, 6) is -1.95. The molecule has 0 fully saturated rings. The highest BCUT2D eigenvalue weighted by atomic mass is 35.5. The maximum absolute atomic E-state index is 13.4. The Kier molecular flexibility index (Phi) is 3.41. The molecule has 3 nitrogen and oxygen atoms in total. The van der Waals surface area contributed by atoms with Crippen LogP contribution in [0.25, 0.3) is 0 Å². The number of halogens is 3. The van der Waals surface area contributed by atoms with Gasteiger partial charge in [0.05, 0.1) is 16.3 Å². The zero-order valence-electron chi connectivity index (χ0n) is 9.17. The standard InChI is InChI=1S/C12H8Cl2FNO2/c1-6(4-13)5-16-10-3-9(15)8(14)2-7(10)11(17)12(16)18/h2-3H,1,4-5H2. The third kappa shape index (κ3) is 2.02. The highest BCUT2D eigenvalue weighted by Gasteiger charge is 2.36. The van der Waals surface area contributed by atoms with E-state index in [0.717, 1.165) is 17.0 Å². The smallest absolute Gasteiger partial charge is 0.299 e. The van der Waals surface area contributed by atoms with Crippen LogP contribution >= 0.6 is 23.2 Å². The molecule has 0 unspecified atom stereocenters. The topological polar surface area (TPSA) is 37.4 Å². The first-order valence-electron chi connectivity index (χ1n) is 5.03. The average molecular weight is 288 g/mol. The molecule has 6 heteroatoms. The van der Waals surface area contributed by atoms with Crippen LogP contribution < -0.4 is 4.90 Å². The van der Waals surface area contributed by atoms with Crippen molar-refractivity contribution in [2.45, 2.75) is 0 Å². The molecule has 0 saturated carbocycles. The maximum Gasteiger partial charge on any atom is 0.299 e. The lowest BCUT2D eigenvalue weighted by atomic mass is 10.1. The Hall–Kier alpha value is -1.39. The molecule has 1 aliphatic heterocycles. The van der Waals surface area contributed by atoms with E-state index in [2.05, 4.69) is 6.58 Å². The third-order valence-electron chi connectivity index (χ3n) is 2.58. The van der Waals surface area contributed by atoms with Gasteiger partial charge in [0, 0.05) is 12.4 Å². The van der Waals surface area contributed by atoms with Gasteiger partial charge in [0.25, 0.3) is 11.7 Å². The van der Waals surface area contributed by atoms with Gasteiger partial charge in [-0.2, -0.15) is 0 Å². The predicted molar refractivity (Wildman–Crippen MR) is 68.0 cm³/mol. The molecule has 0 saturated heterocycles. The van der Waals surface area contributed by atoms with E-state index in [1.807, 2.05) is 0 Å². The van der Waals surface area contributed by atoms with Crippen molar-refractivity contribution in [3.8, 4) is 0 Å². The van der Waals surface area contributed by atoms with Crippen LogP contribution in [0.3, 0.4) is 0 Å². The summed E-state index contributed by atoms with van der Waals surface area (Å²) in [4.78, 5) is 24.6. The molecule has 1 aromatic carbocycles. The molecule has 0 N–H and O–H groups in total. The lowest BCUT2D eigenvalue weighted by molar-refractivity contribution is -0.114. The van der Waals surface area contributed by atoms with Crippen LogP contribution in [0.2, 0.25) is 5.02 Å². The molecule has 94 valence electrons. The second-order valence-corrected chi connectivity index (χ2v) is 4.56. The monoisotopic (exact) mass is 287 g/mol.